The third-order valence-electron chi connectivity index (χ3n) is 3.48. The van der Waals surface area contributed by atoms with Crippen LogP contribution in [0.5, 0.6) is 5.75 Å². The molecule has 0 aromatic carbocycles. The van der Waals surface area contributed by atoms with Gasteiger partial charge in [0.2, 0.25) is 5.75 Å². The molecule has 1 fully saturated rings. The van der Waals surface area contributed by atoms with Crippen molar-refractivity contribution in [2.75, 3.05) is 6.61 Å². The van der Waals surface area contributed by atoms with Gasteiger partial charge in [0, 0.05) is 20.8 Å². The van der Waals surface area contributed by atoms with Gasteiger partial charge in [0.1, 0.15) is 18.8 Å². The Labute approximate surface area is 160 Å². The van der Waals surface area contributed by atoms with Crippen LogP contribution in [0.3, 0.4) is 0 Å². The highest BCUT2D eigenvalue weighted by Crippen LogP contribution is 2.36. The van der Waals surface area contributed by atoms with E-state index in [4.69, 9.17) is 18.9 Å². The first-order valence-electron chi connectivity index (χ1n) is 7.74. The van der Waals surface area contributed by atoms with Crippen LogP contribution in [0.15, 0.2) is 15.8 Å². The number of H-pyrrole nitrogens is 1. The van der Waals surface area contributed by atoms with Crippen LogP contribution in [0.25, 0.3) is 0 Å². The van der Waals surface area contributed by atoms with Crippen LogP contribution in [0.4, 0.5) is 0 Å². The molecular weight excluding hydrogens is 432 g/mol. The van der Waals surface area contributed by atoms with Gasteiger partial charge in [0.05, 0.1) is 11.0 Å². The molecule has 11 nitrogen and oxygen atoms in total. The van der Waals surface area contributed by atoms with Crippen LogP contribution in [0.1, 0.15) is 27.0 Å². The molecule has 4 atom stereocenters. The summed E-state index contributed by atoms with van der Waals surface area (Å²) in [5.41, 5.74) is -1.72. The lowest BCUT2D eigenvalue weighted by molar-refractivity contribution is -0.155. The molecule has 0 amide bonds. The smallest absolute Gasteiger partial charge is 0.330 e. The van der Waals surface area contributed by atoms with E-state index in [1.807, 2.05) is 4.98 Å². The van der Waals surface area contributed by atoms with E-state index in [1.165, 1.54) is 13.8 Å². The van der Waals surface area contributed by atoms with Crippen molar-refractivity contribution in [1.29, 1.82) is 0 Å². The monoisotopic (exact) mass is 448 g/mol. The Morgan fingerprint density at radius 3 is 2.41 bits per heavy atom. The summed E-state index contributed by atoms with van der Waals surface area (Å²) in [7, 11) is 0. The standard InChI is InChI=1S/C15H17BrN2O9/c1-6(19)24-5-10-12(26-8(3)21)11(16)14(27-10)18-4-9(25-7(2)20)13(22)17-15(18)23/h4,10-12,14H,5H2,1-3H3,(H,17,22,23)/t10-,11-,12-,14-/m1/s1. The van der Waals surface area contributed by atoms with Crippen molar-refractivity contribution in [3.05, 3.63) is 27.0 Å². The van der Waals surface area contributed by atoms with E-state index in [9.17, 15) is 24.0 Å². The zero-order chi connectivity index (χ0) is 20.3. The van der Waals surface area contributed by atoms with Crippen molar-refractivity contribution < 1.29 is 33.3 Å². The Hall–Kier alpha value is -2.47. The number of hydrogen-bond acceptors (Lipinski definition) is 9. The van der Waals surface area contributed by atoms with Crippen molar-refractivity contribution in [3.8, 4) is 5.75 Å². The Kier molecular flexibility index (Phi) is 6.54. The van der Waals surface area contributed by atoms with E-state index in [2.05, 4.69) is 15.9 Å². The Morgan fingerprint density at radius 2 is 1.85 bits per heavy atom. The molecule has 0 radical (unpaired) electrons. The molecule has 1 saturated heterocycles. The SMILES string of the molecule is CC(=O)OC[C@H]1O[C@@H](n2cc(OC(C)=O)c(=O)[nH]c2=O)[C@H](Br)[C@@H]1OC(C)=O. The fourth-order valence-corrected chi connectivity index (χ4v) is 3.30. The summed E-state index contributed by atoms with van der Waals surface area (Å²) in [6, 6.07) is 0. The van der Waals surface area contributed by atoms with Gasteiger partial charge >= 0.3 is 23.6 Å². The highest BCUT2D eigenvalue weighted by Gasteiger charge is 2.47. The summed E-state index contributed by atoms with van der Waals surface area (Å²) in [5.74, 6) is -2.32. The number of rotatable bonds is 5. The number of aromatic nitrogens is 2. The van der Waals surface area contributed by atoms with Crippen LogP contribution in [-0.4, -0.2) is 51.1 Å². The fourth-order valence-electron chi connectivity index (χ4n) is 2.47. The Morgan fingerprint density at radius 1 is 1.19 bits per heavy atom. The number of carbonyl (C=O) groups excluding carboxylic acids is 3. The summed E-state index contributed by atoms with van der Waals surface area (Å²) in [6.07, 6.45) is -1.79. The van der Waals surface area contributed by atoms with Crippen molar-refractivity contribution in [2.24, 2.45) is 0 Å². The molecule has 1 aromatic heterocycles. The molecule has 0 aliphatic carbocycles. The van der Waals surface area contributed by atoms with Gasteiger partial charge in [-0.3, -0.25) is 28.7 Å². The summed E-state index contributed by atoms with van der Waals surface area (Å²) < 4.78 is 21.6. The molecule has 1 N–H and O–H groups in total. The van der Waals surface area contributed by atoms with Gasteiger partial charge in [-0.25, -0.2) is 4.79 Å². The lowest BCUT2D eigenvalue weighted by atomic mass is 10.2. The lowest BCUT2D eigenvalue weighted by Crippen LogP contribution is -2.37. The van der Waals surface area contributed by atoms with E-state index in [1.54, 1.807) is 0 Å². The molecule has 1 aromatic rings. The molecule has 12 heteroatoms. The van der Waals surface area contributed by atoms with Crippen LogP contribution in [0.2, 0.25) is 0 Å². The van der Waals surface area contributed by atoms with Gasteiger partial charge < -0.3 is 18.9 Å². The second-order valence-corrected chi connectivity index (χ2v) is 6.70. The number of carbonyl (C=O) groups is 3. The summed E-state index contributed by atoms with van der Waals surface area (Å²) >= 11 is 3.31. The van der Waals surface area contributed by atoms with Crippen LogP contribution in [-0.2, 0) is 28.6 Å². The maximum absolute atomic E-state index is 12.2. The first-order valence-corrected chi connectivity index (χ1v) is 8.65. The number of nitrogens with zero attached hydrogens (tertiary/aromatic N) is 1. The number of alkyl halides is 1. The minimum Gasteiger partial charge on any atom is -0.463 e. The van der Waals surface area contributed by atoms with Gasteiger partial charge in [-0.1, -0.05) is 15.9 Å². The summed E-state index contributed by atoms with van der Waals surface area (Å²) in [4.78, 5) is 58.8. The summed E-state index contributed by atoms with van der Waals surface area (Å²) in [6.45, 7) is 3.28. The lowest BCUT2D eigenvalue weighted by Gasteiger charge is -2.19. The van der Waals surface area contributed by atoms with Gasteiger partial charge in [-0.05, 0) is 0 Å². The first kappa shape index (κ1) is 20.8. The molecule has 1 aliphatic heterocycles. The third kappa shape index (κ3) is 5.04. The predicted octanol–water partition coefficient (Wildman–Crippen LogP) is -0.382. The van der Waals surface area contributed by atoms with E-state index in [0.29, 0.717) is 0 Å². The number of halogens is 1. The molecule has 0 unspecified atom stereocenters. The molecule has 2 heterocycles. The summed E-state index contributed by atoms with van der Waals surface area (Å²) in [5, 5.41) is 0. The maximum atomic E-state index is 12.2. The molecule has 0 saturated carbocycles. The average Bonchev–Trinajstić information content (AvgIpc) is 2.83. The topological polar surface area (TPSA) is 143 Å². The second-order valence-electron chi connectivity index (χ2n) is 5.64. The van der Waals surface area contributed by atoms with Gasteiger partial charge in [-0.15, -0.1) is 0 Å². The molecule has 0 spiro atoms. The van der Waals surface area contributed by atoms with Gasteiger partial charge in [0.25, 0.3) is 5.56 Å². The van der Waals surface area contributed by atoms with Crippen molar-refractivity contribution in [3.63, 3.8) is 0 Å². The molecule has 2 rings (SSSR count). The predicted molar refractivity (Wildman–Crippen MR) is 91.4 cm³/mol. The Balaban J connectivity index is 2.38. The van der Waals surface area contributed by atoms with Gasteiger partial charge in [0.15, 0.2) is 6.23 Å². The number of ether oxygens (including phenoxy) is 4. The highest BCUT2D eigenvalue weighted by molar-refractivity contribution is 9.09. The minimum atomic E-state index is -1.05. The van der Waals surface area contributed by atoms with Crippen LogP contribution in [0, 0.1) is 0 Å². The minimum absolute atomic E-state index is 0.221. The maximum Gasteiger partial charge on any atom is 0.330 e. The average molecular weight is 449 g/mol. The van der Waals surface area contributed by atoms with Crippen molar-refractivity contribution in [1.82, 2.24) is 9.55 Å². The van der Waals surface area contributed by atoms with Crippen LogP contribution < -0.4 is 16.0 Å². The quantitative estimate of drug-likeness (QED) is 0.470. The normalized spacial score (nSPS) is 24.3. The fraction of sp³-hybridized carbons (Fsp3) is 0.533. The number of aromatic amines is 1. The van der Waals surface area contributed by atoms with E-state index >= 15 is 0 Å². The largest absolute Gasteiger partial charge is 0.463 e. The molecular formula is C15H17BrN2O9. The van der Waals surface area contributed by atoms with E-state index in [0.717, 1.165) is 17.7 Å². The molecule has 1 aliphatic rings. The molecule has 148 valence electrons. The Bertz CT molecular complexity index is 862. The van der Waals surface area contributed by atoms with Crippen molar-refractivity contribution in [2.45, 2.75) is 44.0 Å². The number of nitrogens with one attached hydrogen (secondary N) is 1. The first-order chi connectivity index (χ1) is 12.6. The third-order valence-corrected chi connectivity index (χ3v) is 4.46. The zero-order valence-electron chi connectivity index (χ0n) is 14.6. The molecule has 0 bridgehead atoms. The van der Waals surface area contributed by atoms with Gasteiger partial charge in [-0.2, -0.15) is 0 Å². The zero-order valence-corrected chi connectivity index (χ0v) is 16.2. The number of hydrogen-bond donors (Lipinski definition) is 1. The molecule has 27 heavy (non-hydrogen) atoms. The number of esters is 3. The van der Waals surface area contributed by atoms with Crippen molar-refractivity contribution >= 4 is 33.8 Å². The van der Waals surface area contributed by atoms with E-state index in [-0.39, 0.29) is 6.61 Å². The van der Waals surface area contributed by atoms with E-state index < -0.39 is 58.2 Å². The van der Waals surface area contributed by atoms with Crippen LogP contribution >= 0.6 is 15.9 Å². The second kappa shape index (κ2) is 8.48. The highest BCUT2D eigenvalue weighted by atomic mass is 79.9.